The Hall–Kier alpha value is -3.57. The Balaban J connectivity index is 1.46. The van der Waals surface area contributed by atoms with Crippen LogP contribution in [0.3, 0.4) is 0 Å². The first-order chi connectivity index (χ1) is 14.5. The summed E-state index contributed by atoms with van der Waals surface area (Å²) >= 11 is 5.83. The molecule has 6 heteroatoms. The lowest BCUT2D eigenvalue weighted by atomic mass is 10.1. The van der Waals surface area contributed by atoms with Gasteiger partial charge in [0.1, 0.15) is 17.2 Å². The number of allylic oxidation sites excluding steroid dienone is 1. The van der Waals surface area contributed by atoms with Gasteiger partial charge in [-0.25, -0.2) is 4.79 Å². The maximum absolute atomic E-state index is 12.6. The molecular formula is C24H17ClO5. The van der Waals surface area contributed by atoms with Crippen LogP contribution in [0, 0.1) is 0 Å². The molecule has 0 spiro atoms. The number of ether oxygens (including phenoxy) is 3. The Labute approximate surface area is 178 Å². The molecule has 4 rings (SSSR count). The second-order valence-electron chi connectivity index (χ2n) is 6.50. The number of ketones is 1. The summed E-state index contributed by atoms with van der Waals surface area (Å²) in [6, 6.07) is 18.4. The van der Waals surface area contributed by atoms with Gasteiger partial charge in [0.05, 0.1) is 17.7 Å². The highest BCUT2D eigenvalue weighted by molar-refractivity contribution is 6.30. The second kappa shape index (κ2) is 8.43. The fourth-order valence-electron chi connectivity index (χ4n) is 2.96. The van der Waals surface area contributed by atoms with E-state index >= 15 is 0 Å². The number of esters is 1. The van der Waals surface area contributed by atoms with E-state index < -0.39 is 5.97 Å². The van der Waals surface area contributed by atoms with Gasteiger partial charge in [0.2, 0.25) is 5.78 Å². The third-order valence-corrected chi connectivity index (χ3v) is 4.67. The molecule has 1 heterocycles. The van der Waals surface area contributed by atoms with E-state index in [4.69, 9.17) is 25.8 Å². The molecule has 1 aliphatic rings. The molecule has 150 valence electrons. The molecule has 0 atom stereocenters. The molecule has 0 saturated carbocycles. The molecule has 0 bridgehead atoms. The molecule has 0 amide bonds. The molecule has 30 heavy (non-hydrogen) atoms. The van der Waals surface area contributed by atoms with Crippen molar-refractivity contribution in [2.24, 2.45) is 0 Å². The molecule has 5 nitrogen and oxygen atoms in total. The highest BCUT2D eigenvalue weighted by Crippen LogP contribution is 2.35. The number of hydrogen-bond donors (Lipinski definition) is 0. The van der Waals surface area contributed by atoms with Crippen LogP contribution in [0.4, 0.5) is 0 Å². The minimum absolute atomic E-state index is 0.189. The number of fused-ring (bicyclic) bond motifs is 1. The zero-order chi connectivity index (χ0) is 21.1. The van der Waals surface area contributed by atoms with Crippen LogP contribution in [0.1, 0.15) is 33.2 Å². The number of carbonyl (C=O) groups is 2. The van der Waals surface area contributed by atoms with E-state index in [0.29, 0.717) is 40.0 Å². The minimum atomic E-state index is -0.479. The first kappa shape index (κ1) is 19.7. The zero-order valence-corrected chi connectivity index (χ0v) is 16.8. The summed E-state index contributed by atoms with van der Waals surface area (Å²) in [5.74, 6) is 1.08. The van der Waals surface area contributed by atoms with Crippen molar-refractivity contribution < 1.29 is 23.8 Å². The van der Waals surface area contributed by atoms with Crippen molar-refractivity contribution in [1.82, 2.24) is 0 Å². The number of Topliss-reactive ketones (excluding diaryl/α,β-unsaturated/α-hetero) is 1. The summed E-state index contributed by atoms with van der Waals surface area (Å²) in [6.45, 7) is 2.42. The van der Waals surface area contributed by atoms with Crippen molar-refractivity contribution in [2.45, 2.75) is 6.92 Å². The van der Waals surface area contributed by atoms with E-state index in [2.05, 4.69) is 0 Å². The lowest BCUT2D eigenvalue weighted by Gasteiger charge is -2.05. The molecule has 0 N–H and O–H groups in total. The van der Waals surface area contributed by atoms with Crippen LogP contribution < -0.4 is 14.2 Å². The van der Waals surface area contributed by atoms with Crippen molar-refractivity contribution in [1.29, 1.82) is 0 Å². The Morgan fingerprint density at radius 3 is 2.40 bits per heavy atom. The van der Waals surface area contributed by atoms with Gasteiger partial charge >= 0.3 is 5.97 Å². The van der Waals surface area contributed by atoms with Gasteiger partial charge in [-0.05, 0) is 67.1 Å². The summed E-state index contributed by atoms with van der Waals surface area (Å²) in [7, 11) is 0. The average Bonchev–Trinajstić information content (AvgIpc) is 3.05. The Morgan fingerprint density at radius 2 is 1.70 bits per heavy atom. The number of benzene rings is 3. The van der Waals surface area contributed by atoms with E-state index in [1.165, 1.54) is 0 Å². The van der Waals surface area contributed by atoms with Gasteiger partial charge in [-0.2, -0.15) is 0 Å². The van der Waals surface area contributed by atoms with Crippen molar-refractivity contribution >= 4 is 29.4 Å². The largest absolute Gasteiger partial charge is 0.494 e. The molecule has 3 aromatic rings. The van der Waals surface area contributed by atoms with Crippen LogP contribution in [0.15, 0.2) is 72.5 Å². The number of halogens is 1. The van der Waals surface area contributed by atoms with Gasteiger partial charge in [0.25, 0.3) is 0 Å². The van der Waals surface area contributed by atoms with Crippen LogP contribution in [-0.2, 0) is 0 Å². The van der Waals surface area contributed by atoms with E-state index in [-0.39, 0.29) is 11.5 Å². The fraction of sp³-hybridized carbons (Fsp3) is 0.0833. The van der Waals surface area contributed by atoms with Gasteiger partial charge in [-0.15, -0.1) is 0 Å². The highest BCUT2D eigenvalue weighted by Gasteiger charge is 2.27. The smallest absolute Gasteiger partial charge is 0.343 e. The molecule has 0 aliphatic carbocycles. The van der Waals surface area contributed by atoms with Crippen molar-refractivity contribution in [3.05, 3.63) is 94.2 Å². The first-order valence-electron chi connectivity index (χ1n) is 9.32. The summed E-state index contributed by atoms with van der Waals surface area (Å²) in [5, 5.41) is 0.545. The summed E-state index contributed by atoms with van der Waals surface area (Å²) in [5.41, 5.74) is 1.64. The van der Waals surface area contributed by atoms with E-state index in [1.807, 2.05) is 6.92 Å². The molecule has 0 saturated heterocycles. The molecule has 0 unspecified atom stereocenters. The standard InChI is InChI=1S/C24H17ClO5/c1-2-28-19-11-12-20-21(14-19)30-22(23(20)26)13-15-3-9-18(10-4-15)29-24(27)16-5-7-17(25)8-6-16/h3-14H,2H2,1H3/b22-13-. The maximum atomic E-state index is 12.6. The lowest BCUT2D eigenvalue weighted by Crippen LogP contribution is -2.08. The molecule has 1 aliphatic heterocycles. The molecule has 0 aromatic heterocycles. The molecular weight excluding hydrogens is 404 g/mol. The Kier molecular flexibility index (Phi) is 5.55. The highest BCUT2D eigenvalue weighted by atomic mass is 35.5. The maximum Gasteiger partial charge on any atom is 0.343 e. The van der Waals surface area contributed by atoms with Crippen LogP contribution in [0.5, 0.6) is 17.2 Å². The first-order valence-corrected chi connectivity index (χ1v) is 9.70. The SMILES string of the molecule is CCOc1ccc2c(c1)O/C(=C\c1ccc(OC(=O)c3ccc(Cl)cc3)cc1)C2=O. The monoisotopic (exact) mass is 420 g/mol. The van der Waals surface area contributed by atoms with Gasteiger partial charge in [0, 0.05) is 11.1 Å². The summed E-state index contributed by atoms with van der Waals surface area (Å²) in [4.78, 5) is 24.7. The van der Waals surface area contributed by atoms with Crippen LogP contribution in [-0.4, -0.2) is 18.4 Å². The predicted octanol–water partition coefficient (Wildman–Crippen LogP) is 5.57. The third kappa shape index (κ3) is 4.21. The van der Waals surface area contributed by atoms with E-state index in [1.54, 1.807) is 72.8 Å². The Morgan fingerprint density at radius 1 is 1.00 bits per heavy atom. The quantitative estimate of drug-likeness (QED) is 0.306. The van der Waals surface area contributed by atoms with Gasteiger partial charge in [-0.1, -0.05) is 23.7 Å². The molecule has 0 radical (unpaired) electrons. The van der Waals surface area contributed by atoms with Crippen molar-refractivity contribution in [3.8, 4) is 17.2 Å². The van der Waals surface area contributed by atoms with Crippen molar-refractivity contribution in [3.63, 3.8) is 0 Å². The second-order valence-corrected chi connectivity index (χ2v) is 6.93. The summed E-state index contributed by atoms with van der Waals surface area (Å²) < 4.78 is 16.5. The topological polar surface area (TPSA) is 61.8 Å². The number of hydrogen-bond acceptors (Lipinski definition) is 5. The van der Waals surface area contributed by atoms with Crippen LogP contribution >= 0.6 is 11.6 Å². The normalized spacial score (nSPS) is 13.7. The fourth-order valence-corrected chi connectivity index (χ4v) is 3.09. The minimum Gasteiger partial charge on any atom is -0.494 e. The summed E-state index contributed by atoms with van der Waals surface area (Å²) in [6.07, 6.45) is 1.65. The van der Waals surface area contributed by atoms with Crippen LogP contribution in [0.2, 0.25) is 5.02 Å². The average molecular weight is 421 g/mol. The number of rotatable bonds is 5. The van der Waals surface area contributed by atoms with Crippen molar-refractivity contribution in [2.75, 3.05) is 6.61 Å². The predicted molar refractivity (Wildman–Crippen MR) is 113 cm³/mol. The van der Waals surface area contributed by atoms with Gasteiger partial charge in [-0.3, -0.25) is 4.79 Å². The van der Waals surface area contributed by atoms with E-state index in [9.17, 15) is 9.59 Å². The van der Waals surface area contributed by atoms with Crippen LogP contribution in [0.25, 0.3) is 6.08 Å². The third-order valence-electron chi connectivity index (χ3n) is 4.42. The number of carbonyl (C=O) groups excluding carboxylic acids is 2. The lowest BCUT2D eigenvalue weighted by molar-refractivity contribution is 0.0734. The molecule has 3 aromatic carbocycles. The van der Waals surface area contributed by atoms with Gasteiger partial charge in [0.15, 0.2) is 5.76 Å². The zero-order valence-electron chi connectivity index (χ0n) is 16.1. The van der Waals surface area contributed by atoms with Gasteiger partial charge < -0.3 is 14.2 Å². The Bertz CT molecular complexity index is 1130. The van der Waals surface area contributed by atoms with E-state index in [0.717, 1.165) is 5.56 Å². The molecule has 0 fully saturated rings.